The number of hydrazone groups is 1. The maximum absolute atomic E-state index is 12.1. The fraction of sp³-hybridized carbons (Fsp3) is 0.263. The van der Waals surface area contributed by atoms with Crippen LogP contribution in [0.3, 0.4) is 0 Å². The molecule has 0 heterocycles. The predicted octanol–water partition coefficient (Wildman–Crippen LogP) is 3.91. The molecule has 138 valence electrons. The minimum absolute atomic E-state index is 0.324. The largest absolute Gasteiger partial charge is 0.494 e. The Morgan fingerprint density at radius 3 is 2.54 bits per heavy atom. The lowest BCUT2D eigenvalue weighted by Crippen LogP contribution is -2.17. The van der Waals surface area contributed by atoms with Gasteiger partial charge in [0.2, 0.25) is 0 Å². The van der Waals surface area contributed by atoms with Crippen LogP contribution in [0.2, 0.25) is 5.02 Å². The van der Waals surface area contributed by atoms with Crippen LogP contribution < -0.4 is 19.6 Å². The quantitative estimate of drug-likeness (QED) is 0.560. The number of hydrogen-bond donors (Lipinski definition) is 1. The van der Waals surface area contributed by atoms with E-state index < -0.39 is 0 Å². The van der Waals surface area contributed by atoms with Crippen molar-refractivity contribution in [2.75, 3.05) is 20.8 Å². The number of hydrogen-bond acceptors (Lipinski definition) is 5. The minimum atomic E-state index is -0.324. The normalized spacial score (nSPS) is 10.6. The third-order valence-electron chi connectivity index (χ3n) is 3.42. The van der Waals surface area contributed by atoms with Crippen LogP contribution in [0.5, 0.6) is 17.2 Å². The summed E-state index contributed by atoms with van der Waals surface area (Å²) in [4.78, 5) is 12.1. The molecular formula is C19H21ClN2O4. The first kappa shape index (κ1) is 19.6. The van der Waals surface area contributed by atoms with Gasteiger partial charge in [0, 0.05) is 5.56 Å². The Kier molecular flexibility index (Phi) is 7.29. The number of ether oxygens (including phenoxy) is 3. The molecule has 0 aliphatic heterocycles. The molecule has 0 saturated heterocycles. The highest BCUT2D eigenvalue weighted by atomic mass is 35.5. The van der Waals surface area contributed by atoms with E-state index in [1.807, 2.05) is 6.92 Å². The Balaban J connectivity index is 2.01. The lowest BCUT2D eigenvalue weighted by molar-refractivity contribution is 0.0955. The summed E-state index contributed by atoms with van der Waals surface area (Å²) in [7, 11) is 3.03. The van der Waals surface area contributed by atoms with E-state index in [2.05, 4.69) is 10.5 Å². The van der Waals surface area contributed by atoms with Crippen LogP contribution in [-0.2, 0) is 0 Å². The highest BCUT2D eigenvalue weighted by Crippen LogP contribution is 2.35. The first-order valence-electron chi connectivity index (χ1n) is 8.06. The molecule has 0 radical (unpaired) electrons. The predicted molar refractivity (Wildman–Crippen MR) is 102 cm³/mol. The zero-order chi connectivity index (χ0) is 18.9. The zero-order valence-electron chi connectivity index (χ0n) is 14.9. The van der Waals surface area contributed by atoms with Crippen molar-refractivity contribution < 1.29 is 19.0 Å². The molecule has 0 aliphatic carbocycles. The molecule has 0 saturated carbocycles. The number of benzene rings is 2. The Hall–Kier alpha value is -2.73. The van der Waals surface area contributed by atoms with Crippen LogP contribution >= 0.6 is 11.6 Å². The maximum atomic E-state index is 12.1. The molecule has 2 aromatic carbocycles. The Labute approximate surface area is 157 Å². The molecule has 1 N–H and O–H groups in total. The first-order valence-corrected chi connectivity index (χ1v) is 8.44. The van der Waals surface area contributed by atoms with Crippen molar-refractivity contribution in [1.29, 1.82) is 0 Å². The molecule has 0 spiro atoms. The fourth-order valence-electron chi connectivity index (χ4n) is 2.16. The zero-order valence-corrected chi connectivity index (χ0v) is 15.7. The molecule has 6 nitrogen and oxygen atoms in total. The van der Waals surface area contributed by atoms with Gasteiger partial charge in [-0.2, -0.15) is 5.10 Å². The third-order valence-corrected chi connectivity index (χ3v) is 3.71. The average molecular weight is 377 g/mol. The molecule has 0 bridgehead atoms. The highest BCUT2D eigenvalue weighted by Gasteiger charge is 2.10. The van der Waals surface area contributed by atoms with Crippen LogP contribution in [0.1, 0.15) is 29.3 Å². The Morgan fingerprint density at radius 1 is 1.19 bits per heavy atom. The minimum Gasteiger partial charge on any atom is -0.494 e. The number of amides is 1. The van der Waals surface area contributed by atoms with Crippen molar-refractivity contribution in [3.63, 3.8) is 0 Å². The number of carbonyl (C=O) groups excluding carboxylic acids is 1. The smallest absolute Gasteiger partial charge is 0.271 e. The molecule has 26 heavy (non-hydrogen) atoms. The van der Waals surface area contributed by atoms with E-state index >= 15 is 0 Å². The van der Waals surface area contributed by atoms with Gasteiger partial charge in [-0.25, -0.2) is 5.43 Å². The number of nitrogens with zero attached hydrogens (tertiary/aromatic N) is 1. The van der Waals surface area contributed by atoms with Crippen molar-refractivity contribution in [2.45, 2.75) is 13.3 Å². The second-order valence-corrected chi connectivity index (χ2v) is 5.72. The van der Waals surface area contributed by atoms with E-state index in [9.17, 15) is 4.79 Å². The molecule has 1 amide bonds. The van der Waals surface area contributed by atoms with Gasteiger partial charge in [-0.15, -0.1) is 0 Å². The Morgan fingerprint density at radius 2 is 1.92 bits per heavy atom. The summed E-state index contributed by atoms with van der Waals surface area (Å²) in [5.41, 5.74) is 3.62. The molecule has 0 unspecified atom stereocenters. The number of carbonyl (C=O) groups is 1. The SMILES string of the molecule is CCCOc1ccc(C(=O)N/N=C\c2cc(Cl)c(OC)c(OC)c2)cc1. The monoisotopic (exact) mass is 376 g/mol. The summed E-state index contributed by atoms with van der Waals surface area (Å²) in [6.45, 7) is 2.68. The molecular weight excluding hydrogens is 356 g/mol. The lowest BCUT2D eigenvalue weighted by atomic mass is 10.2. The van der Waals surface area contributed by atoms with Crippen LogP contribution in [0.25, 0.3) is 0 Å². The van der Waals surface area contributed by atoms with Crippen molar-refractivity contribution in [1.82, 2.24) is 5.43 Å². The lowest BCUT2D eigenvalue weighted by Gasteiger charge is -2.09. The van der Waals surface area contributed by atoms with Crippen molar-refractivity contribution >= 4 is 23.7 Å². The van der Waals surface area contributed by atoms with Gasteiger partial charge in [-0.3, -0.25) is 4.79 Å². The average Bonchev–Trinajstić information content (AvgIpc) is 2.66. The molecule has 0 fully saturated rings. The number of nitrogens with one attached hydrogen (secondary N) is 1. The van der Waals surface area contributed by atoms with Gasteiger partial charge < -0.3 is 14.2 Å². The second kappa shape index (κ2) is 9.68. The van der Waals surface area contributed by atoms with Gasteiger partial charge in [0.1, 0.15) is 5.75 Å². The molecule has 0 aromatic heterocycles. The van der Waals surface area contributed by atoms with Gasteiger partial charge in [-0.05, 0) is 48.4 Å². The standard InChI is InChI=1S/C19H21ClN2O4/c1-4-9-26-15-7-5-14(6-8-15)19(23)22-21-12-13-10-16(20)18(25-3)17(11-13)24-2/h5-8,10-12H,4,9H2,1-3H3,(H,22,23)/b21-12-. The van der Waals surface area contributed by atoms with Crippen molar-refractivity contribution in [3.05, 3.63) is 52.5 Å². The molecule has 0 aliphatic rings. The highest BCUT2D eigenvalue weighted by molar-refractivity contribution is 6.32. The number of rotatable bonds is 8. The number of methoxy groups -OCH3 is 2. The van der Waals surface area contributed by atoms with Gasteiger partial charge >= 0.3 is 0 Å². The molecule has 2 aromatic rings. The Bertz CT molecular complexity index is 776. The van der Waals surface area contributed by atoms with E-state index in [4.69, 9.17) is 25.8 Å². The second-order valence-electron chi connectivity index (χ2n) is 5.31. The first-order chi connectivity index (χ1) is 12.6. The van der Waals surface area contributed by atoms with Crippen molar-refractivity contribution in [3.8, 4) is 17.2 Å². The van der Waals surface area contributed by atoms with Gasteiger partial charge in [-0.1, -0.05) is 18.5 Å². The summed E-state index contributed by atoms with van der Waals surface area (Å²) in [6, 6.07) is 10.2. The van der Waals surface area contributed by atoms with Crippen LogP contribution in [0.4, 0.5) is 0 Å². The molecule has 7 heteroatoms. The van der Waals surface area contributed by atoms with E-state index in [-0.39, 0.29) is 5.91 Å². The van der Waals surface area contributed by atoms with E-state index in [1.165, 1.54) is 20.4 Å². The van der Waals surface area contributed by atoms with Crippen LogP contribution in [0, 0.1) is 0 Å². The fourth-order valence-corrected chi connectivity index (χ4v) is 2.46. The van der Waals surface area contributed by atoms with Gasteiger partial charge in [0.15, 0.2) is 11.5 Å². The van der Waals surface area contributed by atoms with Gasteiger partial charge in [0.05, 0.1) is 32.1 Å². The third kappa shape index (κ3) is 5.13. The summed E-state index contributed by atoms with van der Waals surface area (Å²) in [5.74, 6) is 1.33. The van der Waals surface area contributed by atoms with Crippen molar-refractivity contribution in [2.24, 2.45) is 5.10 Å². The maximum Gasteiger partial charge on any atom is 0.271 e. The van der Waals surface area contributed by atoms with E-state index in [0.29, 0.717) is 34.3 Å². The van der Waals surface area contributed by atoms with E-state index in [1.54, 1.807) is 36.4 Å². The molecule has 0 atom stereocenters. The summed E-state index contributed by atoms with van der Waals surface area (Å²) >= 11 is 6.14. The molecule has 2 rings (SSSR count). The van der Waals surface area contributed by atoms with Crippen LogP contribution in [-0.4, -0.2) is 32.9 Å². The van der Waals surface area contributed by atoms with E-state index in [0.717, 1.165) is 12.2 Å². The topological polar surface area (TPSA) is 69.2 Å². The summed E-state index contributed by atoms with van der Waals surface area (Å²) in [5, 5.41) is 4.34. The number of halogens is 1. The van der Waals surface area contributed by atoms with Crippen LogP contribution in [0.15, 0.2) is 41.5 Å². The summed E-state index contributed by atoms with van der Waals surface area (Å²) < 4.78 is 15.9. The summed E-state index contributed by atoms with van der Waals surface area (Å²) in [6.07, 6.45) is 2.40. The van der Waals surface area contributed by atoms with Gasteiger partial charge in [0.25, 0.3) is 5.91 Å².